The van der Waals surface area contributed by atoms with Crippen LogP contribution in [0.5, 0.6) is 0 Å². The molecule has 0 aliphatic heterocycles. The molecular weight excluding hydrogens is 252 g/mol. The van der Waals surface area contributed by atoms with Gasteiger partial charge in [0.25, 0.3) is 0 Å². The minimum Gasteiger partial charge on any atom is -0.297 e. The van der Waals surface area contributed by atoms with Gasteiger partial charge >= 0.3 is 0 Å². The van der Waals surface area contributed by atoms with Gasteiger partial charge in [0.2, 0.25) is 0 Å². The van der Waals surface area contributed by atoms with Crippen molar-refractivity contribution in [3.63, 3.8) is 0 Å². The second-order valence-electron chi connectivity index (χ2n) is 5.59. The number of nitrogens with one attached hydrogen (secondary N) is 1. The number of aryl methyl sites for hydroxylation is 2. The van der Waals surface area contributed by atoms with Crippen LogP contribution in [0, 0.1) is 25.2 Å². The van der Waals surface area contributed by atoms with Crippen LogP contribution >= 0.6 is 11.8 Å². The number of rotatable bonds is 6. The summed E-state index contributed by atoms with van der Waals surface area (Å²) >= 11 is 1.82. The quantitative estimate of drug-likeness (QED) is 0.796. The van der Waals surface area contributed by atoms with Gasteiger partial charge in [0.15, 0.2) is 0 Å². The van der Waals surface area contributed by atoms with E-state index in [1.807, 2.05) is 18.7 Å². The minimum atomic E-state index is -0.430. The predicted molar refractivity (Wildman–Crippen MR) is 83.5 cm³/mol. The van der Waals surface area contributed by atoms with Gasteiger partial charge in [0.1, 0.15) is 5.54 Å². The first kappa shape index (κ1) is 16.1. The zero-order chi connectivity index (χ0) is 14.5. The van der Waals surface area contributed by atoms with Crippen molar-refractivity contribution in [3.8, 4) is 6.07 Å². The summed E-state index contributed by atoms with van der Waals surface area (Å²) < 4.78 is 0. The predicted octanol–water partition coefficient (Wildman–Crippen LogP) is 4.07. The van der Waals surface area contributed by atoms with Gasteiger partial charge in [-0.3, -0.25) is 5.32 Å². The van der Waals surface area contributed by atoms with Crippen molar-refractivity contribution in [1.29, 1.82) is 5.26 Å². The standard InChI is InChI=1S/C16H24N2S/c1-12(2)18-16(5,11-17)8-9-19-15-7-6-13(3)14(4)10-15/h6-7,10,12,18H,8-9H2,1-5H3. The molecule has 0 saturated heterocycles. The third-order valence-corrected chi connectivity index (χ3v) is 4.20. The van der Waals surface area contributed by atoms with E-state index < -0.39 is 5.54 Å². The number of hydrogen-bond acceptors (Lipinski definition) is 3. The molecule has 2 nitrogen and oxygen atoms in total. The van der Waals surface area contributed by atoms with E-state index in [9.17, 15) is 5.26 Å². The van der Waals surface area contributed by atoms with E-state index in [2.05, 4.69) is 57.3 Å². The summed E-state index contributed by atoms with van der Waals surface area (Å²) in [5.74, 6) is 0.951. The second-order valence-corrected chi connectivity index (χ2v) is 6.76. The molecule has 19 heavy (non-hydrogen) atoms. The molecular formula is C16H24N2S. The first-order chi connectivity index (χ1) is 8.86. The molecule has 0 aliphatic carbocycles. The molecule has 1 aromatic carbocycles. The van der Waals surface area contributed by atoms with Crippen LogP contribution in [-0.2, 0) is 0 Å². The van der Waals surface area contributed by atoms with Gasteiger partial charge in [0.05, 0.1) is 6.07 Å². The van der Waals surface area contributed by atoms with Crippen molar-refractivity contribution in [2.45, 2.75) is 57.5 Å². The first-order valence-electron chi connectivity index (χ1n) is 6.75. The van der Waals surface area contributed by atoms with E-state index in [1.54, 1.807) is 0 Å². The van der Waals surface area contributed by atoms with Crippen LogP contribution in [0.4, 0.5) is 0 Å². The Labute approximate surface area is 121 Å². The molecule has 1 rings (SSSR count). The summed E-state index contributed by atoms with van der Waals surface area (Å²) in [6, 6.07) is 9.26. The summed E-state index contributed by atoms with van der Waals surface area (Å²) in [6.45, 7) is 10.4. The van der Waals surface area contributed by atoms with Crippen molar-refractivity contribution >= 4 is 11.8 Å². The van der Waals surface area contributed by atoms with Crippen LogP contribution in [0.2, 0.25) is 0 Å². The highest BCUT2D eigenvalue weighted by atomic mass is 32.2. The lowest BCUT2D eigenvalue weighted by atomic mass is 10.0. The van der Waals surface area contributed by atoms with Gasteiger partial charge in [-0.2, -0.15) is 5.26 Å². The van der Waals surface area contributed by atoms with Gasteiger partial charge in [-0.25, -0.2) is 0 Å². The molecule has 0 spiro atoms. The summed E-state index contributed by atoms with van der Waals surface area (Å²) in [5, 5.41) is 12.6. The lowest BCUT2D eigenvalue weighted by molar-refractivity contribution is 0.397. The number of thioether (sulfide) groups is 1. The Morgan fingerprint density at radius 3 is 2.53 bits per heavy atom. The molecule has 0 amide bonds. The third-order valence-electron chi connectivity index (χ3n) is 3.20. The summed E-state index contributed by atoms with van der Waals surface area (Å²) in [6.07, 6.45) is 0.846. The number of benzene rings is 1. The number of nitriles is 1. The highest BCUT2D eigenvalue weighted by Gasteiger charge is 2.23. The molecule has 0 fully saturated rings. The van der Waals surface area contributed by atoms with E-state index in [4.69, 9.17) is 0 Å². The van der Waals surface area contributed by atoms with Crippen LogP contribution in [0.3, 0.4) is 0 Å². The van der Waals surface area contributed by atoms with Crippen LogP contribution in [0.25, 0.3) is 0 Å². The summed E-state index contributed by atoms with van der Waals surface area (Å²) in [4.78, 5) is 1.29. The van der Waals surface area contributed by atoms with Gasteiger partial charge in [0, 0.05) is 16.7 Å². The lowest BCUT2D eigenvalue weighted by Crippen LogP contribution is -2.45. The van der Waals surface area contributed by atoms with Gasteiger partial charge in [-0.1, -0.05) is 6.07 Å². The maximum Gasteiger partial charge on any atom is 0.104 e. The highest BCUT2D eigenvalue weighted by molar-refractivity contribution is 7.99. The third kappa shape index (κ3) is 5.26. The molecule has 0 radical (unpaired) electrons. The molecule has 0 bridgehead atoms. The molecule has 1 unspecified atom stereocenters. The molecule has 1 atom stereocenters. The molecule has 0 heterocycles. The van der Waals surface area contributed by atoms with E-state index in [1.165, 1.54) is 16.0 Å². The molecule has 0 aromatic heterocycles. The summed E-state index contributed by atoms with van der Waals surface area (Å²) in [7, 11) is 0. The Bertz CT molecular complexity index is 462. The van der Waals surface area contributed by atoms with Crippen molar-refractivity contribution in [2.75, 3.05) is 5.75 Å². The average molecular weight is 276 g/mol. The molecule has 1 aromatic rings. The molecule has 1 N–H and O–H groups in total. The maximum atomic E-state index is 9.29. The topological polar surface area (TPSA) is 35.8 Å². The van der Waals surface area contributed by atoms with Crippen molar-refractivity contribution < 1.29 is 0 Å². The van der Waals surface area contributed by atoms with Gasteiger partial charge in [-0.05, 0) is 64.3 Å². The number of nitrogens with zero attached hydrogens (tertiary/aromatic N) is 1. The van der Waals surface area contributed by atoms with Crippen molar-refractivity contribution in [3.05, 3.63) is 29.3 Å². The van der Waals surface area contributed by atoms with Crippen LogP contribution in [0.1, 0.15) is 38.3 Å². The Morgan fingerprint density at radius 1 is 1.32 bits per heavy atom. The molecule has 104 valence electrons. The van der Waals surface area contributed by atoms with Crippen molar-refractivity contribution in [2.24, 2.45) is 0 Å². The Morgan fingerprint density at radius 2 is 2.00 bits per heavy atom. The average Bonchev–Trinajstić information content (AvgIpc) is 2.33. The molecule has 3 heteroatoms. The van der Waals surface area contributed by atoms with Gasteiger partial charge in [-0.15, -0.1) is 11.8 Å². The van der Waals surface area contributed by atoms with E-state index in [-0.39, 0.29) is 0 Å². The minimum absolute atomic E-state index is 0.330. The fourth-order valence-corrected chi connectivity index (χ4v) is 3.14. The SMILES string of the molecule is Cc1ccc(SCCC(C)(C#N)NC(C)C)cc1C. The Kier molecular flexibility index (Phi) is 5.90. The Hall–Kier alpha value is -0.980. The smallest absolute Gasteiger partial charge is 0.104 e. The lowest BCUT2D eigenvalue weighted by Gasteiger charge is -2.25. The zero-order valence-electron chi connectivity index (χ0n) is 12.6. The van der Waals surface area contributed by atoms with Crippen LogP contribution < -0.4 is 5.32 Å². The molecule has 0 saturated carbocycles. The fraction of sp³-hybridized carbons (Fsp3) is 0.562. The zero-order valence-corrected chi connectivity index (χ0v) is 13.4. The van der Waals surface area contributed by atoms with E-state index >= 15 is 0 Å². The highest BCUT2D eigenvalue weighted by Crippen LogP contribution is 2.24. The fourth-order valence-electron chi connectivity index (χ4n) is 1.97. The van der Waals surface area contributed by atoms with Gasteiger partial charge < -0.3 is 0 Å². The van der Waals surface area contributed by atoms with Crippen LogP contribution in [0.15, 0.2) is 23.1 Å². The Balaban J connectivity index is 2.53. The van der Waals surface area contributed by atoms with Crippen LogP contribution in [-0.4, -0.2) is 17.3 Å². The first-order valence-corrected chi connectivity index (χ1v) is 7.74. The van der Waals surface area contributed by atoms with E-state index in [0.717, 1.165) is 12.2 Å². The second kappa shape index (κ2) is 6.98. The summed E-state index contributed by atoms with van der Waals surface area (Å²) in [5.41, 5.74) is 2.22. The monoisotopic (exact) mass is 276 g/mol. The van der Waals surface area contributed by atoms with Crippen molar-refractivity contribution in [1.82, 2.24) is 5.32 Å². The van der Waals surface area contributed by atoms with E-state index in [0.29, 0.717) is 6.04 Å². The normalized spacial score (nSPS) is 14.2. The maximum absolute atomic E-state index is 9.29. The largest absolute Gasteiger partial charge is 0.297 e. The number of hydrogen-bond donors (Lipinski definition) is 1. The molecule has 0 aliphatic rings.